The Balaban J connectivity index is 1.47. The summed E-state index contributed by atoms with van der Waals surface area (Å²) in [7, 11) is 0. The van der Waals surface area contributed by atoms with E-state index in [2.05, 4.69) is 51.5 Å². The number of carbonyl (C=O) groups is 1. The van der Waals surface area contributed by atoms with Gasteiger partial charge in [0.2, 0.25) is 5.91 Å². The minimum atomic E-state index is 0.00400. The van der Waals surface area contributed by atoms with E-state index in [4.69, 9.17) is 0 Å². The average molecular weight is 368 g/mol. The smallest absolute Gasteiger partial charge is 0.225 e. The van der Waals surface area contributed by atoms with Crippen LogP contribution in [0.3, 0.4) is 0 Å². The fourth-order valence-electron chi connectivity index (χ4n) is 5.36. The fraction of sp³-hybridized carbons (Fsp3) is 0.476. The summed E-state index contributed by atoms with van der Waals surface area (Å²) in [5.74, 6) is 0.677. The minimum Gasteiger partial charge on any atom is -0.352 e. The van der Waals surface area contributed by atoms with Gasteiger partial charge in [-0.25, -0.2) is 0 Å². The Hall–Kier alpha value is -1.69. The molecule has 0 saturated carbocycles. The van der Waals surface area contributed by atoms with Crippen molar-refractivity contribution in [1.29, 1.82) is 0 Å². The van der Waals surface area contributed by atoms with Crippen molar-refractivity contribution in [3.8, 4) is 0 Å². The van der Waals surface area contributed by atoms with Crippen LogP contribution < -0.4 is 5.32 Å². The summed E-state index contributed by atoms with van der Waals surface area (Å²) in [6.45, 7) is 6.62. The molecule has 5 heterocycles. The van der Waals surface area contributed by atoms with Gasteiger partial charge < -0.3 is 15.1 Å². The second-order valence-electron chi connectivity index (χ2n) is 8.05. The van der Waals surface area contributed by atoms with Gasteiger partial charge in [-0.15, -0.1) is 11.3 Å². The maximum Gasteiger partial charge on any atom is 0.225 e. The molecule has 3 atom stereocenters. The van der Waals surface area contributed by atoms with E-state index in [1.807, 2.05) is 11.4 Å². The highest BCUT2D eigenvalue weighted by Gasteiger charge is 2.55. The van der Waals surface area contributed by atoms with Crippen molar-refractivity contribution in [2.75, 3.05) is 39.3 Å². The van der Waals surface area contributed by atoms with E-state index < -0.39 is 0 Å². The van der Waals surface area contributed by atoms with Crippen LogP contribution in [-0.4, -0.2) is 61.0 Å². The van der Waals surface area contributed by atoms with Gasteiger partial charge in [-0.3, -0.25) is 4.79 Å². The molecule has 6 rings (SSSR count). The summed E-state index contributed by atoms with van der Waals surface area (Å²) in [4.78, 5) is 19.2. The number of carbonyl (C=O) groups excluding carboxylic acids is 1. The van der Waals surface area contributed by atoms with Crippen molar-refractivity contribution in [2.45, 2.75) is 17.9 Å². The molecule has 0 aliphatic carbocycles. The molecular weight excluding hydrogens is 342 g/mol. The van der Waals surface area contributed by atoms with Crippen LogP contribution in [-0.2, 0) is 16.6 Å². The molecule has 4 aliphatic rings. The minimum absolute atomic E-state index is 0.00400. The molecule has 4 fully saturated rings. The highest BCUT2D eigenvalue weighted by molar-refractivity contribution is 7.10. The molecule has 4 aliphatic heterocycles. The Morgan fingerprint density at radius 3 is 2.46 bits per heavy atom. The van der Waals surface area contributed by atoms with Gasteiger partial charge in [0.1, 0.15) is 0 Å². The molecular formula is C21H25N3OS. The van der Waals surface area contributed by atoms with Crippen LogP contribution in [0.2, 0.25) is 0 Å². The van der Waals surface area contributed by atoms with Crippen LogP contribution in [0.4, 0.5) is 0 Å². The van der Waals surface area contributed by atoms with E-state index in [0.29, 0.717) is 12.3 Å². The van der Waals surface area contributed by atoms with Gasteiger partial charge in [0.05, 0.1) is 6.42 Å². The summed E-state index contributed by atoms with van der Waals surface area (Å²) in [5.41, 5.74) is 1.38. The number of benzene rings is 1. The van der Waals surface area contributed by atoms with Gasteiger partial charge in [-0.1, -0.05) is 36.4 Å². The quantitative estimate of drug-likeness (QED) is 0.898. The molecule has 1 N–H and O–H groups in total. The molecule has 26 heavy (non-hydrogen) atoms. The van der Waals surface area contributed by atoms with Gasteiger partial charge in [0.25, 0.3) is 0 Å². The molecule has 0 spiro atoms. The lowest BCUT2D eigenvalue weighted by Crippen LogP contribution is -2.70. The standard InChI is InChI=1S/C21H25N3OS/c25-19(11-18-7-4-10-26-18)22-20-16-12-23-8-9-24(13-16)15-21(20,14-23)17-5-2-1-3-6-17/h1-7,10,16,20H,8-9,11-15H2,(H,22,25)/t16?,20-,21?/m0/s1. The van der Waals surface area contributed by atoms with Crippen LogP contribution in [0.25, 0.3) is 0 Å². The largest absolute Gasteiger partial charge is 0.352 e. The lowest BCUT2D eigenvalue weighted by atomic mass is 9.64. The predicted molar refractivity (Wildman–Crippen MR) is 104 cm³/mol. The summed E-state index contributed by atoms with van der Waals surface area (Å²) >= 11 is 1.66. The molecule has 2 aromatic rings. The molecule has 4 nitrogen and oxygen atoms in total. The Morgan fingerprint density at radius 1 is 1.08 bits per heavy atom. The molecule has 1 aromatic carbocycles. The number of nitrogens with one attached hydrogen (secondary N) is 1. The number of thiophene rings is 1. The third-order valence-electron chi connectivity index (χ3n) is 6.38. The van der Waals surface area contributed by atoms with Crippen molar-refractivity contribution >= 4 is 17.2 Å². The summed E-state index contributed by atoms with van der Waals surface area (Å²) < 4.78 is 0. The monoisotopic (exact) mass is 367 g/mol. The van der Waals surface area contributed by atoms with E-state index in [9.17, 15) is 4.79 Å². The maximum absolute atomic E-state index is 12.8. The van der Waals surface area contributed by atoms with E-state index in [1.165, 1.54) is 5.56 Å². The van der Waals surface area contributed by atoms with Crippen molar-refractivity contribution in [1.82, 2.24) is 15.1 Å². The molecule has 5 heteroatoms. The van der Waals surface area contributed by atoms with Crippen molar-refractivity contribution in [3.05, 3.63) is 58.3 Å². The first-order valence-corrected chi connectivity index (χ1v) is 10.4. The Morgan fingerprint density at radius 2 is 1.81 bits per heavy atom. The highest BCUT2D eigenvalue weighted by Crippen LogP contribution is 2.43. The number of nitrogens with zero attached hydrogens (tertiary/aromatic N) is 2. The van der Waals surface area contributed by atoms with Crippen LogP contribution in [0.15, 0.2) is 47.8 Å². The SMILES string of the molecule is O=C(Cc1cccs1)N[C@H]1C2CN3CCN(C2)CC1(c1ccccc1)C3. The maximum atomic E-state index is 12.8. The first-order valence-electron chi connectivity index (χ1n) is 9.55. The number of hydrogen-bond donors (Lipinski definition) is 1. The highest BCUT2D eigenvalue weighted by atomic mass is 32.1. The van der Waals surface area contributed by atoms with Gasteiger partial charge in [0.15, 0.2) is 0 Å². The summed E-state index contributed by atoms with van der Waals surface area (Å²) in [6.07, 6.45) is 0.499. The third-order valence-corrected chi connectivity index (χ3v) is 7.25. The van der Waals surface area contributed by atoms with Crippen molar-refractivity contribution in [3.63, 3.8) is 0 Å². The number of amides is 1. The van der Waals surface area contributed by atoms with Crippen LogP contribution >= 0.6 is 11.3 Å². The molecule has 1 aromatic heterocycles. The number of fused-ring (bicyclic) bond motifs is 1. The Kier molecular flexibility index (Phi) is 4.11. The zero-order chi connectivity index (χ0) is 17.6. The molecule has 4 saturated heterocycles. The van der Waals surface area contributed by atoms with Crippen molar-refractivity contribution < 1.29 is 4.79 Å². The van der Waals surface area contributed by atoms with Crippen LogP contribution in [0.5, 0.6) is 0 Å². The molecule has 1 amide bonds. The second kappa shape index (κ2) is 6.48. The van der Waals surface area contributed by atoms with Gasteiger partial charge in [-0.2, -0.15) is 0 Å². The Bertz CT molecular complexity index is 760. The molecule has 136 valence electrons. The van der Waals surface area contributed by atoms with Gasteiger partial charge in [0, 0.05) is 61.5 Å². The van der Waals surface area contributed by atoms with E-state index >= 15 is 0 Å². The topological polar surface area (TPSA) is 35.6 Å². The number of piperidine rings is 2. The van der Waals surface area contributed by atoms with Gasteiger partial charge >= 0.3 is 0 Å². The summed E-state index contributed by atoms with van der Waals surface area (Å²) in [6, 6.07) is 15.2. The van der Waals surface area contributed by atoms with Gasteiger partial charge in [-0.05, 0) is 17.0 Å². The van der Waals surface area contributed by atoms with Crippen LogP contribution in [0.1, 0.15) is 10.4 Å². The lowest BCUT2D eigenvalue weighted by molar-refractivity contribution is -0.123. The second-order valence-corrected chi connectivity index (χ2v) is 9.09. The average Bonchev–Trinajstić information content (AvgIpc) is 3.02. The Labute approximate surface area is 158 Å². The number of rotatable bonds is 4. The summed E-state index contributed by atoms with van der Waals surface area (Å²) in [5, 5.41) is 5.53. The zero-order valence-corrected chi connectivity index (χ0v) is 15.8. The van der Waals surface area contributed by atoms with Crippen LogP contribution in [0, 0.1) is 5.92 Å². The predicted octanol–water partition coefficient (Wildman–Crippen LogP) is 1.97. The van der Waals surface area contributed by atoms with Crippen molar-refractivity contribution in [2.24, 2.45) is 5.92 Å². The van der Waals surface area contributed by atoms with E-state index in [1.54, 1.807) is 11.3 Å². The lowest BCUT2D eigenvalue weighted by Gasteiger charge is -2.55. The third kappa shape index (κ3) is 2.79. The zero-order valence-electron chi connectivity index (χ0n) is 14.9. The normalized spacial score (nSPS) is 35.2. The number of hydrogen-bond acceptors (Lipinski definition) is 4. The van der Waals surface area contributed by atoms with E-state index in [-0.39, 0.29) is 17.4 Å². The molecule has 4 bridgehead atoms. The molecule has 2 unspecified atom stereocenters. The first kappa shape index (κ1) is 16.5. The fourth-order valence-corrected chi connectivity index (χ4v) is 6.07. The molecule has 0 radical (unpaired) electrons. The van der Waals surface area contributed by atoms with E-state index in [0.717, 1.165) is 44.1 Å². The first-order chi connectivity index (χ1) is 12.7.